The molecule has 3 N–H and O–H groups in total. The number of nitrogens with one attached hydrogen (secondary N) is 2. The molecule has 6 rings (SSSR count). The van der Waals surface area contributed by atoms with Crippen molar-refractivity contribution >= 4 is 21.8 Å². The number of benzene rings is 2. The van der Waals surface area contributed by atoms with Gasteiger partial charge in [0.1, 0.15) is 0 Å². The molecule has 7 heteroatoms. The molecule has 0 saturated carbocycles. The van der Waals surface area contributed by atoms with Crippen LogP contribution in [0.25, 0.3) is 21.8 Å². The van der Waals surface area contributed by atoms with Gasteiger partial charge in [0.05, 0.1) is 0 Å². The number of aromatic amines is 2. The monoisotopic (exact) mass is 392 g/mol. The lowest BCUT2D eigenvalue weighted by molar-refractivity contribution is 0.173. The standard InChI is InChI=1S/C22H20N2O5/c25-3-1-2-12(15-8-23-17-6-21-19(4-13(15)17)26-10-28-21)16-9-24-18-7-22-20(5-14(16)18)27-11-29-22/h4-9,12,23-25H,1-3,10-11H2. The van der Waals surface area contributed by atoms with Crippen LogP contribution in [0.15, 0.2) is 36.7 Å². The molecule has 7 nitrogen and oxygen atoms in total. The molecule has 2 aromatic heterocycles. The van der Waals surface area contributed by atoms with Crippen molar-refractivity contribution in [2.45, 2.75) is 18.8 Å². The number of fused-ring (bicyclic) bond motifs is 4. The third kappa shape index (κ3) is 2.54. The van der Waals surface area contributed by atoms with E-state index in [0.717, 1.165) is 51.2 Å². The second kappa shape index (κ2) is 6.35. The van der Waals surface area contributed by atoms with Gasteiger partial charge in [0, 0.05) is 58.9 Å². The maximum absolute atomic E-state index is 9.50. The second-order valence-electron chi connectivity index (χ2n) is 7.41. The largest absolute Gasteiger partial charge is 0.454 e. The van der Waals surface area contributed by atoms with Crippen LogP contribution < -0.4 is 18.9 Å². The van der Waals surface area contributed by atoms with E-state index in [4.69, 9.17) is 18.9 Å². The molecule has 0 bridgehead atoms. The van der Waals surface area contributed by atoms with E-state index in [1.165, 1.54) is 11.1 Å². The Kier molecular flexibility index (Phi) is 3.64. The van der Waals surface area contributed by atoms with Crippen molar-refractivity contribution in [2.75, 3.05) is 20.2 Å². The van der Waals surface area contributed by atoms with E-state index in [-0.39, 0.29) is 26.1 Å². The molecule has 0 spiro atoms. The van der Waals surface area contributed by atoms with Crippen LogP contribution in [-0.4, -0.2) is 35.3 Å². The molecule has 2 aliphatic heterocycles. The van der Waals surface area contributed by atoms with Crippen molar-refractivity contribution in [3.05, 3.63) is 47.8 Å². The fourth-order valence-electron chi connectivity index (χ4n) is 4.42. The predicted molar refractivity (Wildman–Crippen MR) is 107 cm³/mol. The first-order valence-corrected chi connectivity index (χ1v) is 9.74. The lowest BCUT2D eigenvalue weighted by Gasteiger charge is -2.16. The van der Waals surface area contributed by atoms with Crippen LogP contribution in [-0.2, 0) is 0 Å². The highest BCUT2D eigenvalue weighted by atomic mass is 16.7. The fourth-order valence-corrected chi connectivity index (χ4v) is 4.42. The first kappa shape index (κ1) is 16.6. The molecule has 0 unspecified atom stereocenters. The van der Waals surface area contributed by atoms with Gasteiger partial charge in [0.15, 0.2) is 23.0 Å². The Hall–Kier alpha value is -3.32. The van der Waals surface area contributed by atoms with Gasteiger partial charge >= 0.3 is 0 Å². The minimum atomic E-state index is 0.102. The van der Waals surface area contributed by atoms with Gasteiger partial charge in [-0.05, 0) is 36.1 Å². The van der Waals surface area contributed by atoms with Crippen LogP contribution >= 0.6 is 0 Å². The Morgan fingerprint density at radius 3 is 1.72 bits per heavy atom. The van der Waals surface area contributed by atoms with Gasteiger partial charge in [-0.1, -0.05) is 0 Å². The minimum absolute atomic E-state index is 0.102. The van der Waals surface area contributed by atoms with Gasteiger partial charge in [-0.3, -0.25) is 0 Å². The lowest BCUT2D eigenvalue weighted by atomic mass is 9.87. The molecule has 0 radical (unpaired) electrons. The Bertz CT molecular complexity index is 1130. The third-order valence-corrected chi connectivity index (χ3v) is 5.82. The summed E-state index contributed by atoms with van der Waals surface area (Å²) in [6.07, 6.45) is 5.62. The molecular weight excluding hydrogens is 372 g/mol. The van der Waals surface area contributed by atoms with E-state index in [1.807, 2.05) is 36.7 Å². The SMILES string of the molecule is OCCCC(c1c[nH]c2cc3c(cc12)OCO3)c1c[nH]c2cc3c(cc12)OCO3. The second-order valence-corrected chi connectivity index (χ2v) is 7.41. The van der Waals surface area contributed by atoms with Gasteiger partial charge in [-0.15, -0.1) is 0 Å². The molecule has 0 aliphatic carbocycles. The molecule has 0 fully saturated rings. The first-order valence-electron chi connectivity index (χ1n) is 9.74. The summed E-state index contributed by atoms with van der Waals surface area (Å²) in [4.78, 5) is 6.75. The zero-order valence-corrected chi connectivity index (χ0v) is 15.7. The zero-order chi connectivity index (χ0) is 19.4. The van der Waals surface area contributed by atoms with E-state index in [9.17, 15) is 5.11 Å². The summed E-state index contributed by atoms with van der Waals surface area (Å²) < 4.78 is 22.2. The molecule has 148 valence electrons. The molecule has 29 heavy (non-hydrogen) atoms. The predicted octanol–water partition coefficient (Wildman–Crippen LogP) is 4.01. The summed E-state index contributed by atoms with van der Waals surface area (Å²) in [6, 6.07) is 8.05. The maximum Gasteiger partial charge on any atom is 0.231 e. The number of hydrogen-bond acceptors (Lipinski definition) is 5. The van der Waals surface area contributed by atoms with Crippen molar-refractivity contribution in [3.63, 3.8) is 0 Å². The van der Waals surface area contributed by atoms with Gasteiger partial charge < -0.3 is 34.0 Å². The van der Waals surface area contributed by atoms with Crippen LogP contribution in [0.2, 0.25) is 0 Å². The van der Waals surface area contributed by atoms with E-state index in [0.29, 0.717) is 6.42 Å². The summed E-state index contributed by atoms with van der Waals surface area (Å²) in [5.74, 6) is 3.16. The number of hydrogen-bond donors (Lipinski definition) is 3. The van der Waals surface area contributed by atoms with Gasteiger partial charge in [0.2, 0.25) is 13.6 Å². The van der Waals surface area contributed by atoms with Crippen LogP contribution in [0.4, 0.5) is 0 Å². The normalized spacial score (nSPS) is 14.6. The first-order chi connectivity index (χ1) is 14.3. The van der Waals surface area contributed by atoms with E-state index >= 15 is 0 Å². The molecule has 2 aromatic carbocycles. The molecule has 0 atom stereocenters. The maximum atomic E-state index is 9.50. The summed E-state index contributed by atoms with van der Waals surface area (Å²) in [6.45, 7) is 0.654. The van der Waals surface area contributed by atoms with Crippen LogP contribution in [0.3, 0.4) is 0 Å². The minimum Gasteiger partial charge on any atom is -0.454 e. The fraction of sp³-hybridized carbons (Fsp3) is 0.273. The molecular formula is C22H20N2O5. The average molecular weight is 392 g/mol. The Labute approximate surface area is 166 Å². The lowest BCUT2D eigenvalue weighted by Crippen LogP contribution is -2.01. The van der Waals surface area contributed by atoms with Crippen molar-refractivity contribution in [1.82, 2.24) is 9.97 Å². The van der Waals surface area contributed by atoms with E-state index in [2.05, 4.69) is 9.97 Å². The Morgan fingerprint density at radius 2 is 1.24 bits per heavy atom. The summed E-state index contributed by atoms with van der Waals surface area (Å²) in [7, 11) is 0. The summed E-state index contributed by atoms with van der Waals surface area (Å²) >= 11 is 0. The quantitative estimate of drug-likeness (QED) is 0.478. The third-order valence-electron chi connectivity index (χ3n) is 5.82. The number of ether oxygens (including phenoxy) is 4. The number of aliphatic hydroxyl groups is 1. The van der Waals surface area contributed by atoms with Crippen molar-refractivity contribution in [3.8, 4) is 23.0 Å². The highest BCUT2D eigenvalue weighted by Crippen LogP contribution is 2.44. The summed E-state index contributed by atoms with van der Waals surface area (Å²) in [5, 5.41) is 11.7. The van der Waals surface area contributed by atoms with Crippen molar-refractivity contribution in [1.29, 1.82) is 0 Å². The van der Waals surface area contributed by atoms with E-state index in [1.54, 1.807) is 0 Å². The van der Waals surface area contributed by atoms with Crippen molar-refractivity contribution in [2.24, 2.45) is 0 Å². The van der Waals surface area contributed by atoms with E-state index < -0.39 is 0 Å². The van der Waals surface area contributed by atoms with Gasteiger partial charge in [0.25, 0.3) is 0 Å². The van der Waals surface area contributed by atoms with Crippen molar-refractivity contribution < 1.29 is 24.1 Å². The number of rotatable bonds is 5. The Balaban J connectivity index is 1.51. The zero-order valence-electron chi connectivity index (χ0n) is 15.7. The molecule has 4 aromatic rings. The average Bonchev–Trinajstić information content (AvgIpc) is 3.51. The number of aromatic nitrogens is 2. The molecule has 4 heterocycles. The summed E-state index contributed by atoms with van der Waals surface area (Å²) in [5.41, 5.74) is 4.36. The van der Waals surface area contributed by atoms with Crippen LogP contribution in [0.1, 0.15) is 29.9 Å². The highest BCUT2D eigenvalue weighted by molar-refractivity contribution is 5.91. The molecule has 0 amide bonds. The van der Waals surface area contributed by atoms with Crippen LogP contribution in [0, 0.1) is 0 Å². The highest BCUT2D eigenvalue weighted by Gasteiger charge is 2.25. The number of aliphatic hydroxyl groups excluding tert-OH is 1. The topological polar surface area (TPSA) is 88.7 Å². The van der Waals surface area contributed by atoms with Crippen LogP contribution in [0.5, 0.6) is 23.0 Å². The van der Waals surface area contributed by atoms with Gasteiger partial charge in [-0.25, -0.2) is 0 Å². The Morgan fingerprint density at radius 1 is 0.759 bits per heavy atom. The molecule has 0 saturated heterocycles. The number of H-pyrrole nitrogens is 2. The van der Waals surface area contributed by atoms with Gasteiger partial charge in [-0.2, -0.15) is 0 Å². The smallest absolute Gasteiger partial charge is 0.231 e. The molecule has 2 aliphatic rings.